The molecule has 1 fully saturated rings. The van der Waals surface area contributed by atoms with E-state index in [0.29, 0.717) is 6.42 Å². The Bertz CT molecular complexity index is 125. The second-order valence-corrected chi connectivity index (χ2v) is 2.94. The largest absolute Gasteiger partial charge is 0.370 e. The predicted octanol–water partition coefficient (Wildman–Crippen LogP) is 1.14. The van der Waals surface area contributed by atoms with Crippen LogP contribution in [0.4, 0.5) is 0 Å². The third-order valence-corrected chi connectivity index (χ3v) is 1.64. The van der Waals surface area contributed by atoms with Crippen LogP contribution >= 0.6 is 0 Å². The summed E-state index contributed by atoms with van der Waals surface area (Å²) in [6.07, 6.45) is 1.55. The smallest absolute Gasteiger partial charge is 0.129 e. The summed E-state index contributed by atoms with van der Waals surface area (Å²) in [5, 5.41) is 0. The van der Waals surface area contributed by atoms with Crippen LogP contribution in [0.3, 0.4) is 0 Å². The van der Waals surface area contributed by atoms with E-state index in [1.54, 1.807) is 6.92 Å². The highest BCUT2D eigenvalue weighted by Crippen LogP contribution is 2.30. The number of ether oxygens (including phenoxy) is 1. The van der Waals surface area contributed by atoms with E-state index in [2.05, 4.69) is 0 Å². The van der Waals surface area contributed by atoms with Gasteiger partial charge in [-0.25, -0.2) is 0 Å². The first-order valence-corrected chi connectivity index (χ1v) is 3.26. The average Bonchev–Trinajstić information content (AvgIpc) is 2.45. The third kappa shape index (κ3) is 2.14. The molecule has 0 amide bonds. The Balaban J connectivity index is 2.12. The minimum atomic E-state index is 0.0612. The highest BCUT2D eigenvalue weighted by Gasteiger charge is 2.38. The molecule has 1 saturated heterocycles. The Hall–Kier alpha value is -0.370. The minimum absolute atomic E-state index is 0.0612. The van der Waals surface area contributed by atoms with E-state index in [9.17, 15) is 4.79 Å². The zero-order chi connectivity index (χ0) is 6.91. The van der Waals surface area contributed by atoms with E-state index in [-0.39, 0.29) is 11.4 Å². The molecule has 1 unspecified atom stereocenters. The van der Waals surface area contributed by atoms with Crippen molar-refractivity contribution >= 4 is 5.78 Å². The average molecular weight is 128 g/mol. The first kappa shape index (κ1) is 6.75. The fraction of sp³-hybridized carbons (Fsp3) is 0.857. The fourth-order valence-electron chi connectivity index (χ4n) is 0.708. The summed E-state index contributed by atoms with van der Waals surface area (Å²) in [5.74, 6) is 0.256. The van der Waals surface area contributed by atoms with E-state index in [4.69, 9.17) is 4.74 Å². The Morgan fingerprint density at radius 2 is 2.33 bits per heavy atom. The molecule has 1 rings (SSSR count). The maximum Gasteiger partial charge on any atom is 0.129 e. The Morgan fingerprint density at radius 3 is 2.67 bits per heavy atom. The highest BCUT2D eigenvalue weighted by atomic mass is 16.6. The zero-order valence-electron chi connectivity index (χ0n) is 5.94. The molecule has 1 atom stereocenters. The van der Waals surface area contributed by atoms with Gasteiger partial charge in [0, 0.05) is 6.42 Å². The summed E-state index contributed by atoms with van der Waals surface area (Å²) >= 11 is 0. The van der Waals surface area contributed by atoms with Crippen LogP contribution in [-0.4, -0.2) is 18.0 Å². The number of epoxide rings is 1. The lowest BCUT2D eigenvalue weighted by molar-refractivity contribution is -0.117. The Morgan fingerprint density at radius 1 is 1.78 bits per heavy atom. The van der Waals surface area contributed by atoms with Gasteiger partial charge in [-0.2, -0.15) is 0 Å². The minimum Gasteiger partial charge on any atom is -0.370 e. The molecule has 1 aliphatic rings. The summed E-state index contributed by atoms with van der Waals surface area (Å²) in [6.45, 7) is 4.49. The van der Waals surface area contributed by atoms with Crippen LogP contribution in [0.2, 0.25) is 0 Å². The van der Waals surface area contributed by atoms with Crippen molar-refractivity contribution in [3.8, 4) is 0 Å². The van der Waals surface area contributed by atoms with Crippen molar-refractivity contribution in [3.05, 3.63) is 0 Å². The SMILES string of the molecule is CC(=O)CCC1(C)CO1. The quantitative estimate of drug-likeness (QED) is 0.533. The van der Waals surface area contributed by atoms with Gasteiger partial charge in [0.1, 0.15) is 5.78 Å². The molecule has 0 bridgehead atoms. The number of carbonyl (C=O) groups is 1. The molecule has 52 valence electrons. The van der Waals surface area contributed by atoms with E-state index >= 15 is 0 Å². The number of hydrogen-bond donors (Lipinski definition) is 0. The first-order valence-electron chi connectivity index (χ1n) is 3.26. The van der Waals surface area contributed by atoms with Crippen LogP contribution in [0.15, 0.2) is 0 Å². The van der Waals surface area contributed by atoms with Crippen molar-refractivity contribution in [2.75, 3.05) is 6.61 Å². The lowest BCUT2D eigenvalue weighted by atomic mass is 10.1. The molecule has 0 aromatic carbocycles. The molecule has 0 spiro atoms. The molecule has 1 aliphatic heterocycles. The molecule has 9 heavy (non-hydrogen) atoms. The summed E-state index contributed by atoms with van der Waals surface area (Å²) in [5.41, 5.74) is 0.0612. The lowest BCUT2D eigenvalue weighted by Crippen LogP contribution is -2.06. The monoisotopic (exact) mass is 128 g/mol. The van der Waals surface area contributed by atoms with Crippen molar-refractivity contribution < 1.29 is 9.53 Å². The van der Waals surface area contributed by atoms with Crippen molar-refractivity contribution in [2.45, 2.75) is 32.3 Å². The Labute approximate surface area is 55.2 Å². The molecule has 2 heteroatoms. The van der Waals surface area contributed by atoms with Crippen LogP contribution in [0.5, 0.6) is 0 Å². The summed E-state index contributed by atoms with van der Waals surface area (Å²) in [4.78, 5) is 10.5. The van der Waals surface area contributed by atoms with Crippen LogP contribution < -0.4 is 0 Å². The predicted molar refractivity (Wildman–Crippen MR) is 34.3 cm³/mol. The van der Waals surface area contributed by atoms with Gasteiger partial charge in [-0.15, -0.1) is 0 Å². The van der Waals surface area contributed by atoms with Gasteiger partial charge < -0.3 is 9.53 Å². The molecule has 0 saturated carbocycles. The molecule has 0 aliphatic carbocycles. The highest BCUT2D eigenvalue weighted by molar-refractivity contribution is 5.75. The van der Waals surface area contributed by atoms with Crippen LogP contribution in [0.25, 0.3) is 0 Å². The van der Waals surface area contributed by atoms with Gasteiger partial charge in [0.15, 0.2) is 0 Å². The number of ketones is 1. The molecular formula is C7H12O2. The fourth-order valence-corrected chi connectivity index (χ4v) is 0.708. The lowest BCUT2D eigenvalue weighted by Gasteiger charge is -1.99. The summed E-state index contributed by atoms with van der Waals surface area (Å²) < 4.78 is 5.09. The molecule has 0 radical (unpaired) electrons. The summed E-state index contributed by atoms with van der Waals surface area (Å²) in [7, 11) is 0. The number of hydrogen-bond acceptors (Lipinski definition) is 2. The first-order chi connectivity index (χ1) is 4.12. The molecule has 0 N–H and O–H groups in total. The second kappa shape index (κ2) is 2.10. The van der Waals surface area contributed by atoms with Crippen LogP contribution in [0, 0.1) is 0 Å². The normalized spacial score (nSPS) is 32.2. The molecular weight excluding hydrogens is 116 g/mol. The van der Waals surface area contributed by atoms with Gasteiger partial charge in [-0.05, 0) is 20.3 Å². The maximum absolute atomic E-state index is 10.5. The van der Waals surface area contributed by atoms with Gasteiger partial charge >= 0.3 is 0 Å². The molecule has 1 heterocycles. The topological polar surface area (TPSA) is 29.6 Å². The van der Waals surface area contributed by atoms with E-state index < -0.39 is 0 Å². The Kier molecular flexibility index (Phi) is 1.58. The van der Waals surface area contributed by atoms with Crippen molar-refractivity contribution in [2.24, 2.45) is 0 Å². The van der Waals surface area contributed by atoms with E-state index in [1.807, 2.05) is 6.92 Å². The molecule has 0 aromatic rings. The van der Waals surface area contributed by atoms with Crippen molar-refractivity contribution in [1.82, 2.24) is 0 Å². The van der Waals surface area contributed by atoms with Gasteiger partial charge in [0.25, 0.3) is 0 Å². The zero-order valence-corrected chi connectivity index (χ0v) is 5.94. The number of carbonyl (C=O) groups excluding carboxylic acids is 1. The standard InChI is InChI=1S/C7H12O2/c1-6(8)3-4-7(2)5-9-7/h3-5H2,1-2H3. The van der Waals surface area contributed by atoms with Crippen molar-refractivity contribution in [1.29, 1.82) is 0 Å². The third-order valence-electron chi connectivity index (χ3n) is 1.64. The van der Waals surface area contributed by atoms with E-state index in [0.717, 1.165) is 13.0 Å². The van der Waals surface area contributed by atoms with Crippen LogP contribution in [-0.2, 0) is 9.53 Å². The van der Waals surface area contributed by atoms with Gasteiger partial charge in [0.2, 0.25) is 0 Å². The molecule has 0 aromatic heterocycles. The van der Waals surface area contributed by atoms with Crippen LogP contribution in [0.1, 0.15) is 26.7 Å². The van der Waals surface area contributed by atoms with Gasteiger partial charge in [-0.3, -0.25) is 0 Å². The van der Waals surface area contributed by atoms with Gasteiger partial charge in [0.05, 0.1) is 12.2 Å². The number of Topliss-reactive ketones (excluding diaryl/α,β-unsaturated/α-hetero) is 1. The maximum atomic E-state index is 10.5. The van der Waals surface area contributed by atoms with Gasteiger partial charge in [-0.1, -0.05) is 0 Å². The molecule has 2 nitrogen and oxygen atoms in total. The summed E-state index contributed by atoms with van der Waals surface area (Å²) in [6, 6.07) is 0. The second-order valence-electron chi connectivity index (χ2n) is 2.94. The van der Waals surface area contributed by atoms with E-state index in [1.165, 1.54) is 0 Å². The van der Waals surface area contributed by atoms with Crippen molar-refractivity contribution in [3.63, 3.8) is 0 Å². The number of rotatable bonds is 3.